The molecule has 0 saturated carbocycles. The van der Waals surface area contributed by atoms with Crippen molar-refractivity contribution < 1.29 is 23.9 Å². The molecule has 7 nitrogen and oxygen atoms in total. The Hall–Kier alpha value is -3.65. The van der Waals surface area contributed by atoms with Gasteiger partial charge < -0.3 is 20.1 Å². The van der Waals surface area contributed by atoms with Gasteiger partial charge in [-0.05, 0) is 61.9 Å². The van der Waals surface area contributed by atoms with Gasteiger partial charge in [0, 0.05) is 17.0 Å². The Labute approximate surface area is 208 Å². The minimum Gasteiger partial charge on any atom is -0.493 e. The first-order chi connectivity index (χ1) is 17.0. The van der Waals surface area contributed by atoms with E-state index in [0.29, 0.717) is 34.2 Å². The molecule has 0 bridgehead atoms. The molecule has 4 rings (SSSR count). The van der Waals surface area contributed by atoms with Crippen LogP contribution in [0, 0.1) is 0 Å². The molecule has 0 saturated heterocycles. The largest absolute Gasteiger partial charge is 0.493 e. The molecule has 0 fully saturated rings. The van der Waals surface area contributed by atoms with Crippen LogP contribution in [-0.2, 0) is 24.2 Å². The molecule has 1 aliphatic carbocycles. The van der Waals surface area contributed by atoms with Gasteiger partial charge in [-0.1, -0.05) is 30.3 Å². The fourth-order valence-electron chi connectivity index (χ4n) is 4.07. The Bertz CT molecular complexity index is 1240. The summed E-state index contributed by atoms with van der Waals surface area (Å²) in [5, 5.41) is 6.43. The number of methoxy groups -OCH3 is 1. The summed E-state index contributed by atoms with van der Waals surface area (Å²) in [5.74, 6) is 0.0775. The average Bonchev–Trinajstić information content (AvgIpc) is 3.24. The summed E-state index contributed by atoms with van der Waals surface area (Å²) in [4.78, 5) is 38.7. The summed E-state index contributed by atoms with van der Waals surface area (Å²) < 4.78 is 11.0. The molecule has 2 amide bonds. The summed E-state index contributed by atoms with van der Waals surface area (Å²) in [6.45, 7) is 1.62. The highest BCUT2D eigenvalue weighted by Gasteiger charge is 2.26. The van der Waals surface area contributed by atoms with E-state index in [-0.39, 0.29) is 24.2 Å². The number of nitrogens with one attached hydrogen (secondary N) is 2. The van der Waals surface area contributed by atoms with E-state index in [2.05, 4.69) is 10.6 Å². The summed E-state index contributed by atoms with van der Waals surface area (Å²) in [5.41, 5.74) is 3.09. The second kappa shape index (κ2) is 11.2. The van der Waals surface area contributed by atoms with Gasteiger partial charge in [-0.3, -0.25) is 14.4 Å². The molecule has 0 spiro atoms. The second-order valence-electron chi connectivity index (χ2n) is 8.34. The molecular weight excluding hydrogens is 464 g/mol. The number of carbonyl (C=O) groups excluding carboxylic acids is 3. The van der Waals surface area contributed by atoms with E-state index in [1.807, 2.05) is 30.3 Å². The molecule has 3 aromatic rings. The van der Waals surface area contributed by atoms with Crippen molar-refractivity contribution in [1.29, 1.82) is 0 Å². The Morgan fingerprint density at radius 1 is 1.00 bits per heavy atom. The zero-order valence-electron chi connectivity index (χ0n) is 19.8. The Morgan fingerprint density at radius 3 is 2.51 bits per heavy atom. The van der Waals surface area contributed by atoms with Crippen LogP contribution in [0.15, 0.2) is 48.5 Å². The number of benzene rings is 2. The van der Waals surface area contributed by atoms with Crippen LogP contribution in [0.4, 0.5) is 5.00 Å². The molecule has 2 aromatic carbocycles. The maximum absolute atomic E-state index is 13.2. The predicted octanol–water partition coefficient (Wildman–Crippen LogP) is 4.79. The Kier molecular flexibility index (Phi) is 7.82. The number of ether oxygens (including phenoxy) is 2. The van der Waals surface area contributed by atoms with Gasteiger partial charge in [0.15, 0.2) is 23.9 Å². The molecule has 182 valence electrons. The Balaban J connectivity index is 1.46. The van der Waals surface area contributed by atoms with Gasteiger partial charge in [-0.25, -0.2) is 0 Å². The van der Waals surface area contributed by atoms with Gasteiger partial charge in [0.1, 0.15) is 5.00 Å². The van der Waals surface area contributed by atoms with Crippen molar-refractivity contribution in [3.8, 4) is 11.5 Å². The van der Waals surface area contributed by atoms with E-state index in [4.69, 9.17) is 9.47 Å². The highest BCUT2D eigenvalue weighted by Crippen LogP contribution is 2.38. The molecule has 1 aromatic heterocycles. The summed E-state index contributed by atoms with van der Waals surface area (Å²) in [7, 11) is 1.47. The number of ketones is 1. The smallest absolute Gasteiger partial charge is 0.262 e. The number of hydrogen-bond donors (Lipinski definition) is 2. The number of amides is 2. The first kappa shape index (κ1) is 24.5. The van der Waals surface area contributed by atoms with Crippen molar-refractivity contribution in [2.24, 2.45) is 0 Å². The molecule has 1 heterocycles. The van der Waals surface area contributed by atoms with Crippen LogP contribution in [-0.4, -0.2) is 31.3 Å². The van der Waals surface area contributed by atoms with Crippen LogP contribution in [0.3, 0.4) is 0 Å². The van der Waals surface area contributed by atoms with Gasteiger partial charge in [-0.15, -0.1) is 11.3 Å². The number of fused-ring (bicyclic) bond motifs is 1. The molecule has 2 N–H and O–H groups in total. The van der Waals surface area contributed by atoms with Crippen molar-refractivity contribution >= 4 is 33.9 Å². The summed E-state index contributed by atoms with van der Waals surface area (Å²) >= 11 is 1.46. The van der Waals surface area contributed by atoms with Crippen LogP contribution in [0.25, 0.3) is 0 Å². The lowest BCUT2D eigenvalue weighted by molar-refractivity contribution is -0.118. The third kappa shape index (κ3) is 5.89. The minimum atomic E-state index is -0.376. The Morgan fingerprint density at radius 2 is 1.77 bits per heavy atom. The average molecular weight is 493 g/mol. The molecule has 0 aliphatic heterocycles. The lowest BCUT2D eigenvalue weighted by atomic mass is 9.95. The lowest BCUT2D eigenvalue weighted by Gasteiger charge is -2.14. The highest BCUT2D eigenvalue weighted by atomic mass is 32.1. The summed E-state index contributed by atoms with van der Waals surface area (Å²) in [6.07, 6.45) is 3.83. The third-order valence-corrected chi connectivity index (χ3v) is 7.08. The number of Topliss-reactive ketones (excluding diaryl/α,β-unsaturated/α-hetero) is 1. The standard InChI is InChI=1S/C27H28N2O5S/c1-17(30)19-12-13-21(22(14-19)33-2)34-16-24(31)29-27-25(20-10-6-7-11-23(20)35-27)26(32)28-15-18-8-4-3-5-9-18/h3-5,8-9,12-14H,6-7,10-11,15-16H2,1-2H3,(H,28,32)(H,29,31). The van der Waals surface area contributed by atoms with Crippen LogP contribution < -0.4 is 20.1 Å². The van der Waals surface area contributed by atoms with Gasteiger partial charge in [0.2, 0.25) is 0 Å². The van der Waals surface area contributed by atoms with E-state index in [0.717, 1.165) is 41.7 Å². The van der Waals surface area contributed by atoms with Gasteiger partial charge in [0.25, 0.3) is 11.8 Å². The fourth-order valence-corrected chi connectivity index (χ4v) is 5.38. The van der Waals surface area contributed by atoms with Crippen molar-refractivity contribution in [2.45, 2.75) is 39.2 Å². The molecule has 1 aliphatic rings. The van der Waals surface area contributed by atoms with Crippen LogP contribution in [0.5, 0.6) is 11.5 Å². The maximum atomic E-state index is 13.2. The van der Waals surface area contributed by atoms with Gasteiger partial charge >= 0.3 is 0 Å². The number of aryl methyl sites for hydroxylation is 1. The fraction of sp³-hybridized carbons (Fsp3) is 0.296. The van der Waals surface area contributed by atoms with E-state index in [1.54, 1.807) is 18.2 Å². The highest BCUT2D eigenvalue weighted by molar-refractivity contribution is 7.17. The predicted molar refractivity (Wildman–Crippen MR) is 136 cm³/mol. The van der Waals surface area contributed by atoms with E-state index in [9.17, 15) is 14.4 Å². The monoisotopic (exact) mass is 492 g/mol. The van der Waals surface area contributed by atoms with Crippen LogP contribution >= 0.6 is 11.3 Å². The van der Waals surface area contributed by atoms with E-state index in [1.165, 1.54) is 25.4 Å². The zero-order valence-corrected chi connectivity index (χ0v) is 20.6. The van der Waals surface area contributed by atoms with E-state index >= 15 is 0 Å². The number of rotatable bonds is 9. The quantitative estimate of drug-likeness (QED) is 0.419. The molecule has 8 heteroatoms. The topological polar surface area (TPSA) is 93.7 Å². The van der Waals surface area contributed by atoms with Gasteiger partial charge in [0.05, 0.1) is 12.7 Å². The molecular formula is C27H28N2O5S. The van der Waals surface area contributed by atoms with Gasteiger partial charge in [-0.2, -0.15) is 0 Å². The molecule has 0 atom stereocenters. The number of carbonyl (C=O) groups is 3. The first-order valence-corrected chi connectivity index (χ1v) is 12.4. The van der Waals surface area contributed by atoms with Crippen LogP contribution in [0.2, 0.25) is 0 Å². The van der Waals surface area contributed by atoms with Crippen molar-refractivity contribution in [3.63, 3.8) is 0 Å². The number of hydrogen-bond acceptors (Lipinski definition) is 6. The van der Waals surface area contributed by atoms with Crippen molar-refractivity contribution in [3.05, 3.63) is 75.7 Å². The van der Waals surface area contributed by atoms with Crippen molar-refractivity contribution in [1.82, 2.24) is 5.32 Å². The number of anilines is 1. The third-order valence-electron chi connectivity index (χ3n) is 5.88. The maximum Gasteiger partial charge on any atom is 0.262 e. The molecule has 0 radical (unpaired) electrons. The van der Waals surface area contributed by atoms with E-state index < -0.39 is 0 Å². The minimum absolute atomic E-state index is 0.0904. The number of thiophene rings is 1. The summed E-state index contributed by atoms with van der Waals surface area (Å²) in [6, 6.07) is 14.5. The molecule has 0 unspecified atom stereocenters. The van der Waals surface area contributed by atoms with Crippen molar-refractivity contribution in [2.75, 3.05) is 19.0 Å². The molecule has 35 heavy (non-hydrogen) atoms. The SMILES string of the molecule is COc1cc(C(C)=O)ccc1OCC(=O)Nc1sc2c(c1C(=O)NCc1ccccc1)CCCC2. The zero-order chi connectivity index (χ0) is 24.8. The van der Waals surface area contributed by atoms with Crippen LogP contribution in [0.1, 0.15) is 56.5 Å². The normalized spacial score (nSPS) is 12.4. The second-order valence-corrected chi connectivity index (χ2v) is 9.45. The first-order valence-electron chi connectivity index (χ1n) is 11.5. The lowest BCUT2D eigenvalue weighted by Crippen LogP contribution is -2.26.